The molecule has 3 nitrogen and oxygen atoms in total. The van der Waals surface area contributed by atoms with Crippen LogP contribution in [0.5, 0.6) is 5.75 Å². The molecule has 0 unspecified atom stereocenters. The Hall–Kier alpha value is -1.87. The summed E-state index contributed by atoms with van der Waals surface area (Å²) in [7, 11) is 0. The summed E-state index contributed by atoms with van der Waals surface area (Å²) in [6.07, 6.45) is 6.20. The van der Waals surface area contributed by atoms with Crippen LogP contribution in [0.25, 0.3) is 0 Å². The maximum Gasteiger partial charge on any atom is 0.119 e. The smallest absolute Gasteiger partial charge is 0.119 e. The molecule has 0 bridgehead atoms. The van der Waals surface area contributed by atoms with Crippen LogP contribution in [-0.4, -0.2) is 29.1 Å². The van der Waals surface area contributed by atoms with Crippen molar-refractivity contribution in [1.29, 1.82) is 0 Å². The number of para-hydroxylation sites is 1. The second kappa shape index (κ2) is 6.53. The van der Waals surface area contributed by atoms with Crippen molar-refractivity contribution in [2.45, 2.75) is 25.4 Å². The molecule has 1 atom stereocenters. The van der Waals surface area contributed by atoms with Crippen molar-refractivity contribution in [3.8, 4) is 5.75 Å². The summed E-state index contributed by atoms with van der Waals surface area (Å²) in [5.74, 6) is 0.961. The zero-order valence-electron chi connectivity index (χ0n) is 11.6. The molecular weight excluding hydrogens is 248 g/mol. The first-order valence-electron chi connectivity index (χ1n) is 7.22. The Morgan fingerprint density at radius 3 is 2.70 bits per heavy atom. The van der Waals surface area contributed by atoms with Crippen molar-refractivity contribution in [3.63, 3.8) is 0 Å². The minimum absolute atomic E-state index is 0.517. The van der Waals surface area contributed by atoms with Crippen LogP contribution in [0.3, 0.4) is 0 Å². The van der Waals surface area contributed by atoms with Gasteiger partial charge in [0.1, 0.15) is 12.4 Å². The van der Waals surface area contributed by atoms with Crippen molar-refractivity contribution >= 4 is 0 Å². The van der Waals surface area contributed by atoms with E-state index in [4.69, 9.17) is 4.74 Å². The minimum Gasteiger partial charge on any atom is -0.492 e. The molecule has 2 heterocycles. The van der Waals surface area contributed by atoms with E-state index in [1.54, 1.807) is 0 Å². The summed E-state index contributed by atoms with van der Waals surface area (Å²) in [6, 6.07) is 14.8. The fraction of sp³-hybridized carbons (Fsp3) is 0.353. The Kier molecular flexibility index (Phi) is 4.28. The van der Waals surface area contributed by atoms with Gasteiger partial charge in [-0.15, -0.1) is 0 Å². The van der Waals surface area contributed by atoms with E-state index in [9.17, 15) is 0 Å². The van der Waals surface area contributed by atoms with Crippen LogP contribution < -0.4 is 4.74 Å². The van der Waals surface area contributed by atoms with Crippen LogP contribution >= 0.6 is 0 Å². The molecule has 0 radical (unpaired) electrons. The molecule has 1 aliphatic rings. The summed E-state index contributed by atoms with van der Waals surface area (Å²) >= 11 is 0. The fourth-order valence-corrected chi connectivity index (χ4v) is 2.72. The highest BCUT2D eigenvalue weighted by Crippen LogP contribution is 2.21. The van der Waals surface area contributed by atoms with E-state index in [1.165, 1.54) is 18.4 Å². The Balaban J connectivity index is 1.56. The molecule has 1 aromatic heterocycles. The topological polar surface area (TPSA) is 25.4 Å². The number of hydrogen-bond acceptors (Lipinski definition) is 3. The lowest BCUT2D eigenvalue weighted by molar-refractivity contribution is 0.167. The standard InChI is InChI=1S/C17H20N2O/c1-2-6-17(7-3-1)20-14-16-5-4-12-19(16)13-15-8-10-18-11-9-15/h1-3,6-11,16H,4-5,12-14H2/t16-/m0/s1. The summed E-state index contributed by atoms with van der Waals surface area (Å²) < 4.78 is 5.90. The highest BCUT2D eigenvalue weighted by atomic mass is 16.5. The molecule has 104 valence electrons. The van der Waals surface area contributed by atoms with E-state index in [1.807, 2.05) is 42.7 Å². The number of likely N-dealkylation sites (tertiary alicyclic amines) is 1. The third kappa shape index (κ3) is 3.36. The van der Waals surface area contributed by atoms with Crippen molar-refractivity contribution < 1.29 is 4.74 Å². The first kappa shape index (κ1) is 13.1. The average molecular weight is 268 g/mol. The molecule has 3 heteroatoms. The van der Waals surface area contributed by atoms with Gasteiger partial charge in [-0.05, 0) is 49.2 Å². The molecule has 1 aromatic carbocycles. The summed E-state index contributed by atoms with van der Waals surface area (Å²) in [6.45, 7) is 2.92. The molecule has 1 saturated heterocycles. The molecule has 0 saturated carbocycles. The van der Waals surface area contributed by atoms with Gasteiger partial charge >= 0.3 is 0 Å². The molecule has 0 spiro atoms. The SMILES string of the molecule is c1ccc(OC[C@@H]2CCCN2Cc2ccncc2)cc1. The largest absolute Gasteiger partial charge is 0.492 e. The average Bonchev–Trinajstić information content (AvgIpc) is 2.94. The first-order chi connectivity index (χ1) is 9.92. The van der Waals surface area contributed by atoms with Gasteiger partial charge in [0, 0.05) is 25.0 Å². The van der Waals surface area contributed by atoms with Crippen molar-refractivity contribution in [2.75, 3.05) is 13.2 Å². The van der Waals surface area contributed by atoms with Gasteiger partial charge in [-0.1, -0.05) is 18.2 Å². The van der Waals surface area contributed by atoms with Gasteiger partial charge < -0.3 is 4.74 Å². The van der Waals surface area contributed by atoms with Gasteiger partial charge in [0.2, 0.25) is 0 Å². The molecule has 1 fully saturated rings. The minimum atomic E-state index is 0.517. The van der Waals surface area contributed by atoms with Gasteiger partial charge in [0.25, 0.3) is 0 Å². The zero-order valence-corrected chi connectivity index (χ0v) is 11.6. The number of pyridine rings is 1. The quantitative estimate of drug-likeness (QED) is 0.833. The summed E-state index contributed by atoms with van der Waals surface area (Å²) in [5.41, 5.74) is 1.33. The van der Waals surface area contributed by atoms with Crippen molar-refractivity contribution in [3.05, 3.63) is 60.4 Å². The van der Waals surface area contributed by atoms with Gasteiger partial charge in [0.15, 0.2) is 0 Å². The lowest BCUT2D eigenvalue weighted by Crippen LogP contribution is -2.33. The Labute approximate surface area is 120 Å². The number of nitrogens with zero attached hydrogens (tertiary/aromatic N) is 2. The third-order valence-corrected chi connectivity index (χ3v) is 3.82. The Morgan fingerprint density at radius 2 is 1.90 bits per heavy atom. The number of benzene rings is 1. The number of aromatic nitrogens is 1. The maximum absolute atomic E-state index is 5.90. The fourth-order valence-electron chi connectivity index (χ4n) is 2.72. The van der Waals surface area contributed by atoms with E-state index in [-0.39, 0.29) is 0 Å². The van der Waals surface area contributed by atoms with Crippen LogP contribution in [0.1, 0.15) is 18.4 Å². The van der Waals surface area contributed by atoms with Gasteiger partial charge in [0.05, 0.1) is 0 Å². The first-order valence-corrected chi connectivity index (χ1v) is 7.22. The highest BCUT2D eigenvalue weighted by Gasteiger charge is 2.24. The maximum atomic E-state index is 5.90. The lowest BCUT2D eigenvalue weighted by atomic mass is 10.2. The van der Waals surface area contributed by atoms with Gasteiger partial charge in [-0.25, -0.2) is 0 Å². The van der Waals surface area contributed by atoms with Crippen LogP contribution in [0, 0.1) is 0 Å². The van der Waals surface area contributed by atoms with E-state index in [0.29, 0.717) is 6.04 Å². The second-order valence-corrected chi connectivity index (χ2v) is 5.25. The van der Waals surface area contributed by atoms with E-state index < -0.39 is 0 Å². The molecule has 0 aliphatic carbocycles. The zero-order chi connectivity index (χ0) is 13.6. The van der Waals surface area contributed by atoms with E-state index in [2.05, 4.69) is 22.0 Å². The molecule has 0 N–H and O–H groups in total. The normalized spacial score (nSPS) is 19.1. The third-order valence-electron chi connectivity index (χ3n) is 3.82. The number of ether oxygens (including phenoxy) is 1. The van der Waals surface area contributed by atoms with Crippen LogP contribution in [0.2, 0.25) is 0 Å². The molecule has 20 heavy (non-hydrogen) atoms. The second-order valence-electron chi connectivity index (χ2n) is 5.25. The molecule has 0 amide bonds. The van der Waals surface area contributed by atoms with Crippen LogP contribution in [-0.2, 0) is 6.54 Å². The van der Waals surface area contributed by atoms with Crippen LogP contribution in [0.15, 0.2) is 54.9 Å². The predicted octanol–water partition coefficient (Wildman–Crippen LogP) is 3.13. The molecule has 2 aromatic rings. The van der Waals surface area contributed by atoms with Gasteiger partial charge in [-0.2, -0.15) is 0 Å². The molecular formula is C17H20N2O. The van der Waals surface area contributed by atoms with Crippen molar-refractivity contribution in [2.24, 2.45) is 0 Å². The Bertz CT molecular complexity index is 515. The lowest BCUT2D eigenvalue weighted by Gasteiger charge is -2.24. The van der Waals surface area contributed by atoms with E-state index >= 15 is 0 Å². The predicted molar refractivity (Wildman–Crippen MR) is 79.6 cm³/mol. The summed E-state index contributed by atoms with van der Waals surface area (Å²) in [5, 5.41) is 0. The van der Waals surface area contributed by atoms with Crippen LogP contribution in [0.4, 0.5) is 0 Å². The van der Waals surface area contributed by atoms with E-state index in [0.717, 1.165) is 25.4 Å². The number of rotatable bonds is 5. The Morgan fingerprint density at radius 1 is 1.10 bits per heavy atom. The summed E-state index contributed by atoms with van der Waals surface area (Å²) in [4.78, 5) is 6.58. The van der Waals surface area contributed by atoms with Gasteiger partial charge in [-0.3, -0.25) is 9.88 Å². The highest BCUT2D eigenvalue weighted by molar-refractivity contribution is 5.21. The molecule has 3 rings (SSSR count). The monoisotopic (exact) mass is 268 g/mol. The van der Waals surface area contributed by atoms with Crippen molar-refractivity contribution in [1.82, 2.24) is 9.88 Å². The number of hydrogen-bond donors (Lipinski definition) is 0. The molecule has 1 aliphatic heterocycles.